The largest absolute Gasteiger partial charge is 0.338 e. The van der Waals surface area contributed by atoms with Crippen LogP contribution in [-0.2, 0) is 11.2 Å². The highest BCUT2D eigenvalue weighted by molar-refractivity contribution is 5.85. The van der Waals surface area contributed by atoms with Crippen LogP contribution in [0.25, 0.3) is 0 Å². The number of rotatable bonds is 3. The fourth-order valence-electron chi connectivity index (χ4n) is 2.50. The third-order valence-corrected chi connectivity index (χ3v) is 3.58. The van der Waals surface area contributed by atoms with Gasteiger partial charge in [-0.2, -0.15) is 0 Å². The molecule has 6 heteroatoms. The number of carbonyl (C=O) groups is 1. The SMILES string of the molecule is Cl.NCC1CCCCN1C(=O)Cc1ccc(F)cc1F. The molecule has 0 spiro atoms. The van der Waals surface area contributed by atoms with E-state index < -0.39 is 11.6 Å². The van der Waals surface area contributed by atoms with Crippen molar-refractivity contribution < 1.29 is 13.6 Å². The molecule has 2 N–H and O–H groups in total. The van der Waals surface area contributed by atoms with Crippen LogP contribution >= 0.6 is 12.4 Å². The maximum absolute atomic E-state index is 13.5. The number of carbonyl (C=O) groups excluding carboxylic acids is 1. The van der Waals surface area contributed by atoms with E-state index >= 15 is 0 Å². The van der Waals surface area contributed by atoms with Crippen LogP contribution in [0.5, 0.6) is 0 Å². The van der Waals surface area contributed by atoms with Crippen LogP contribution in [-0.4, -0.2) is 29.9 Å². The first-order valence-corrected chi connectivity index (χ1v) is 6.55. The Bertz CT molecular complexity index is 470. The van der Waals surface area contributed by atoms with E-state index in [0.29, 0.717) is 13.1 Å². The van der Waals surface area contributed by atoms with E-state index in [1.807, 2.05) is 0 Å². The Morgan fingerprint density at radius 3 is 2.75 bits per heavy atom. The van der Waals surface area contributed by atoms with Crippen LogP contribution in [0.4, 0.5) is 8.78 Å². The quantitative estimate of drug-likeness (QED) is 0.931. The highest BCUT2D eigenvalue weighted by Gasteiger charge is 2.25. The van der Waals surface area contributed by atoms with Crippen LogP contribution in [0.2, 0.25) is 0 Å². The zero-order valence-electron chi connectivity index (χ0n) is 11.1. The van der Waals surface area contributed by atoms with E-state index in [1.54, 1.807) is 4.90 Å². The molecule has 0 aliphatic carbocycles. The van der Waals surface area contributed by atoms with Crippen molar-refractivity contribution in [2.75, 3.05) is 13.1 Å². The lowest BCUT2D eigenvalue weighted by atomic mass is 10.0. The summed E-state index contributed by atoms with van der Waals surface area (Å²) in [6.45, 7) is 1.10. The molecular formula is C14H19ClF2N2O. The Balaban J connectivity index is 0.00000200. The minimum absolute atomic E-state index is 0. The van der Waals surface area contributed by atoms with Gasteiger partial charge in [0.1, 0.15) is 11.6 Å². The van der Waals surface area contributed by atoms with Crippen molar-refractivity contribution in [2.24, 2.45) is 5.73 Å². The molecule has 0 bridgehead atoms. The molecule has 0 aromatic heterocycles. The second-order valence-electron chi connectivity index (χ2n) is 4.88. The van der Waals surface area contributed by atoms with Gasteiger partial charge in [-0.1, -0.05) is 6.07 Å². The van der Waals surface area contributed by atoms with Gasteiger partial charge < -0.3 is 10.6 Å². The van der Waals surface area contributed by atoms with Gasteiger partial charge in [0.25, 0.3) is 0 Å². The van der Waals surface area contributed by atoms with Gasteiger partial charge >= 0.3 is 0 Å². The fraction of sp³-hybridized carbons (Fsp3) is 0.500. The van der Waals surface area contributed by atoms with E-state index in [9.17, 15) is 13.6 Å². The average Bonchev–Trinajstić information content (AvgIpc) is 2.41. The molecule has 1 aromatic rings. The first kappa shape index (κ1) is 16.9. The molecule has 112 valence electrons. The standard InChI is InChI=1S/C14H18F2N2O.ClH/c15-11-5-4-10(13(16)8-11)7-14(19)18-6-2-1-3-12(18)9-17;/h4-5,8,12H,1-3,6-7,9,17H2;1H. The average molecular weight is 305 g/mol. The number of halogens is 3. The molecule has 1 atom stereocenters. The number of piperidine rings is 1. The van der Waals surface area contributed by atoms with Crippen LogP contribution in [0.15, 0.2) is 18.2 Å². The molecule has 1 aliphatic rings. The second kappa shape index (κ2) is 7.55. The molecule has 0 saturated carbocycles. The number of likely N-dealkylation sites (tertiary alicyclic amines) is 1. The monoisotopic (exact) mass is 304 g/mol. The normalized spacial score (nSPS) is 18.6. The minimum Gasteiger partial charge on any atom is -0.338 e. The first-order valence-electron chi connectivity index (χ1n) is 6.55. The Morgan fingerprint density at radius 1 is 1.35 bits per heavy atom. The predicted octanol–water partition coefficient (Wildman–Crippen LogP) is 2.27. The summed E-state index contributed by atoms with van der Waals surface area (Å²) < 4.78 is 26.3. The van der Waals surface area contributed by atoms with Crippen molar-refractivity contribution in [1.82, 2.24) is 4.90 Å². The molecule has 1 amide bonds. The summed E-state index contributed by atoms with van der Waals surface area (Å²) in [7, 11) is 0. The van der Waals surface area contributed by atoms with Crippen molar-refractivity contribution in [2.45, 2.75) is 31.7 Å². The number of nitrogens with zero attached hydrogens (tertiary/aromatic N) is 1. The third-order valence-electron chi connectivity index (χ3n) is 3.58. The summed E-state index contributed by atoms with van der Waals surface area (Å²) in [6, 6.07) is 3.34. The van der Waals surface area contributed by atoms with Crippen molar-refractivity contribution in [1.29, 1.82) is 0 Å². The molecular weight excluding hydrogens is 286 g/mol. The van der Waals surface area contributed by atoms with Crippen molar-refractivity contribution >= 4 is 18.3 Å². The number of benzene rings is 1. The van der Waals surface area contributed by atoms with Crippen LogP contribution in [0.1, 0.15) is 24.8 Å². The summed E-state index contributed by atoms with van der Waals surface area (Å²) in [4.78, 5) is 13.9. The van der Waals surface area contributed by atoms with Gasteiger partial charge in [-0.3, -0.25) is 4.79 Å². The van der Waals surface area contributed by atoms with Crippen molar-refractivity contribution in [3.63, 3.8) is 0 Å². The van der Waals surface area contributed by atoms with Gasteiger partial charge in [0, 0.05) is 25.2 Å². The molecule has 3 nitrogen and oxygen atoms in total. The van der Waals surface area contributed by atoms with Gasteiger partial charge in [-0.05, 0) is 30.9 Å². The Morgan fingerprint density at radius 2 is 2.10 bits per heavy atom. The van der Waals surface area contributed by atoms with E-state index in [2.05, 4.69) is 0 Å². The smallest absolute Gasteiger partial charge is 0.227 e. The zero-order valence-corrected chi connectivity index (χ0v) is 12.0. The summed E-state index contributed by atoms with van der Waals surface area (Å²) in [6.07, 6.45) is 2.88. The second-order valence-corrected chi connectivity index (χ2v) is 4.88. The molecule has 1 aliphatic heterocycles. The number of amides is 1. The molecule has 1 heterocycles. The van der Waals surface area contributed by atoms with E-state index in [-0.39, 0.29) is 36.3 Å². The summed E-state index contributed by atoms with van der Waals surface area (Å²) in [5.74, 6) is -1.44. The lowest BCUT2D eigenvalue weighted by Crippen LogP contribution is -2.48. The molecule has 1 saturated heterocycles. The molecule has 1 unspecified atom stereocenters. The maximum Gasteiger partial charge on any atom is 0.227 e. The van der Waals surface area contributed by atoms with Gasteiger partial charge in [-0.15, -0.1) is 12.4 Å². The van der Waals surface area contributed by atoms with Gasteiger partial charge in [-0.25, -0.2) is 8.78 Å². The van der Waals surface area contributed by atoms with Crippen molar-refractivity contribution in [3.8, 4) is 0 Å². The lowest BCUT2D eigenvalue weighted by Gasteiger charge is -2.35. The predicted molar refractivity (Wildman–Crippen MR) is 75.7 cm³/mol. The fourth-order valence-corrected chi connectivity index (χ4v) is 2.50. The van der Waals surface area contributed by atoms with Gasteiger partial charge in [0.05, 0.1) is 6.42 Å². The minimum atomic E-state index is -0.672. The lowest BCUT2D eigenvalue weighted by molar-refractivity contribution is -0.133. The molecule has 2 rings (SSSR count). The Hall–Kier alpha value is -1.20. The van der Waals surface area contributed by atoms with Crippen LogP contribution < -0.4 is 5.73 Å². The van der Waals surface area contributed by atoms with E-state index in [4.69, 9.17) is 5.73 Å². The Kier molecular flexibility index (Phi) is 6.36. The maximum atomic E-state index is 13.5. The topological polar surface area (TPSA) is 46.3 Å². The number of hydrogen-bond acceptors (Lipinski definition) is 2. The number of hydrogen-bond donors (Lipinski definition) is 1. The van der Waals surface area contributed by atoms with Gasteiger partial charge in [0.15, 0.2) is 0 Å². The van der Waals surface area contributed by atoms with Crippen LogP contribution in [0, 0.1) is 11.6 Å². The summed E-state index contributed by atoms with van der Waals surface area (Å²) in [5.41, 5.74) is 5.89. The van der Waals surface area contributed by atoms with E-state index in [1.165, 1.54) is 12.1 Å². The third kappa shape index (κ3) is 3.90. The summed E-state index contributed by atoms with van der Waals surface area (Å²) >= 11 is 0. The molecule has 0 radical (unpaired) electrons. The Labute approximate surface area is 123 Å². The van der Waals surface area contributed by atoms with Crippen LogP contribution in [0.3, 0.4) is 0 Å². The zero-order chi connectivity index (χ0) is 13.8. The highest BCUT2D eigenvalue weighted by Crippen LogP contribution is 2.18. The summed E-state index contributed by atoms with van der Waals surface area (Å²) in [5, 5.41) is 0. The first-order chi connectivity index (χ1) is 9.11. The van der Waals surface area contributed by atoms with E-state index in [0.717, 1.165) is 25.3 Å². The highest BCUT2D eigenvalue weighted by atomic mass is 35.5. The van der Waals surface area contributed by atoms with Crippen molar-refractivity contribution in [3.05, 3.63) is 35.4 Å². The van der Waals surface area contributed by atoms with Gasteiger partial charge in [0.2, 0.25) is 5.91 Å². The molecule has 1 aromatic carbocycles. The molecule has 1 fully saturated rings. The molecule has 20 heavy (non-hydrogen) atoms. The number of nitrogens with two attached hydrogens (primary N) is 1.